The summed E-state index contributed by atoms with van der Waals surface area (Å²) in [5.74, 6) is -0.293. The fraction of sp³-hybridized carbons (Fsp3) is 0.350. The highest BCUT2D eigenvalue weighted by Crippen LogP contribution is 2.43. The fourth-order valence-electron chi connectivity index (χ4n) is 3.83. The number of halogens is 1. The second kappa shape index (κ2) is 7.39. The molecule has 2 aliphatic heterocycles. The van der Waals surface area contributed by atoms with Crippen LogP contribution in [-0.4, -0.2) is 51.9 Å². The summed E-state index contributed by atoms with van der Waals surface area (Å²) in [6.07, 6.45) is 1.73. The number of fused-ring (bicyclic) bond motifs is 3. The minimum atomic E-state index is -3.83. The highest BCUT2D eigenvalue weighted by Gasteiger charge is 2.36. The molecule has 2 aromatic rings. The van der Waals surface area contributed by atoms with Crippen molar-refractivity contribution in [2.24, 2.45) is 0 Å². The van der Waals surface area contributed by atoms with E-state index in [2.05, 4.69) is 17.3 Å². The van der Waals surface area contributed by atoms with Crippen molar-refractivity contribution in [2.75, 3.05) is 31.0 Å². The molecule has 0 spiro atoms. The van der Waals surface area contributed by atoms with Gasteiger partial charge in [0.1, 0.15) is 6.54 Å². The first-order valence-corrected chi connectivity index (χ1v) is 11.1. The number of anilines is 1. The van der Waals surface area contributed by atoms with Crippen LogP contribution in [0.25, 0.3) is 11.1 Å². The van der Waals surface area contributed by atoms with Crippen LogP contribution in [0.3, 0.4) is 0 Å². The molecule has 148 valence electrons. The van der Waals surface area contributed by atoms with Gasteiger partial charge in [-0.15, -0.1) is 0 Å². The SMILES string of the molecule is CN1CCC(NC(=O)CN2c3ccc(Cl)cc3-c3ccccc3S2(=O)=O)CC1. The van der Waals surface area contributed by atoms with Crippen LogP contribution < -0.4 is 9.62 Å². The maximum Gasteiger partial charge on any atom is 0.265 e. The molecule has 0 aliphatic carbocycles. The molecule has 4 rings (SSSR count). The lowest BCUT2D eigenvalue weighted by Gasteiger charge is -2.33. The van der Waals surface area contributed by atoms with E-state index >= 15 is 0 Å². The minimum Gasteiger partial charge on any atom is -0.352 e. The van der Waals surface area contributed by atoms with Crippen molar-refractivity contribution in [1.82, 2.24) is 10.2 Å². The van der Waals surface area contributed by atoms with Gasteiger partial charge in [-0.1, -0.05) is 29.8 Å². The zero-order chi connectivity index (χ0) is 19.9. The van der Waals surface area contributed by atoms with E-state index in [1.807, 2.05) is 0 Å². The van der Waals surface area contributed by atoms with Crippen molar-refractivity contribution in [3.8, 4) is 11.1 Å². The molecule has 6 nitrogen and oxygen atoms in total. The largest absolute Gasteiger partial charge is 0.352 e. The number of carbonyl (C=O) groups is 1. The Morgan fingerprint density at radius 3 is 2.61 bits per heavy atom. The van der Waals surface area contributed by atoms with Crippen LogP contribution in [0.15, 0.2) is 47.4 Å². The van der Waals surface area contributed by atoms with E-state index in [0.717, 1.165) is 25.9 Å². The first-order chi connectivity index (χ1) is 13.4. The molecule has 2 aromatic carbocycles. The van der Waals surface area contributed by atoms with Gasteiger partial charge >= 0.3 is 0 Å². The average molecular weight is 420 g/mol. The quantitative estimate of drug-likeness (QED) is 0.830. The number of nitrogens with one attached hydrogen (secondary N) is 1. The normalized spacial score (nSPS) is 19.0. The monoisotopic (exact) mass is 419 g/mol. The van der Waals surface area contributed by atoms with Crippen LogP contribution in [-0.2, 0) is 14.8 Å². The van der Waals surface area contributed by atoms with Crippen molar-refractivity contribution in [3.05, 3.63) is 47.5 Å². The Balaban J connectivity index is 1.64. The molecular weight excluding hydrogens is 398 g/mol. The van der Waals surface area contributed by atoms with Gasteiger partial charge in [-0.05, 0) is 57.2 Å². The summed E-state index contributed by atoms with van der Waals surface area (Å²) in [4.78, 5) is 15.1. The van der Waals surface area contributed by atoms with Gasteiger partial charge in [-0.2, -0.15) is 0 Å². The molecule has 0 unspecified atom stereocenters. The number of nitrogens with zero attached hydrogens (tertiary/aromatic N) is 2. The van der Waals surface area contributed by atoms with Crippen molar-refractivity contribution in [3.63, 3.8) is 0 Å². The van der Waals surface area contributed by atoms with Crippen molar-refractivity contribution < 1.29 is 13.2 Å². The molecule has 28 heavy (non-hydrogen) atoms. The summed E-state index contributed by atoms with van der Waals surface area (Å²) < 4.78 is 27.6. The summed E-state index contributed by atoms with van der Waals surface area (Å²) in [6, 6.07) is 11.9. The Bertz CT molecular complexity index is 1020. The highest BCUT2D eigenvalue weighted by atomic mass is 35.5. The van der Waals surface area contributed by atoms with Gasteiger partial charge in [0, 0.05) is 22.2 Å². The van der Waals surface area contributed by atoms with E-state index in [1.165, 1.54) is 4.31 Å². The molecule has 2 aliphatic rings. The maximum absolute atomic E-state index is 13.2. The van der Waals surface area contributed by atoms with Gasteiger partial charge in [-0.3, -0.25) is 9.10 Å². The van der Waals surface area contributed by atoms with Crippen LogP contribution in [0.2, 0.25) is 5.02 Å². The Kier molecular flexibility index (Phi) is 5.07. The molecule has 1 amide bonds. The summed E-state index contributed by atoms with van der Waals surface area (Å²) in [5.41, 5.74) is 1.79. The third kappa shape index (κ3) is 3.50. The molecule has 1 saturated heterocycles. The van der Waals surface area contributed by atoms with Gasteiger partial charge in [0.2, 0.25) is 5.91 Å². The van der Waals surface area contributed by atoms with Crippen LogP contribution >= 0.6 is 11.6 Å². The van der Waals surface area contributed by atoms with Gasteiger partial charge in [0.25, 0.3) is 10.0 Å². The van der Waals surface area contributed by atoms with Gasteiger partial charge in [-0.25, -0.2) is 8.42 Å². The van der Waals surface area contributed by atoms with Crippen LogP contribution in [0.4, 0.5) is 5.69 Å². The van der Waals surface area contributed by atoms with E-state index in [9.17, 15) is 13.2 Å². The van der Waals surface area contributed by atoms with Crippen molar-refractivity contribution in [1.29, 1.82) is 0 Å². The van der Waals surface area contributed by atoms with Crippen molar-refractivity contribution in [2.45, 2.75) is 23.8 Å². The van der Waals surface area contributed by atoms with Crippen molar-refractivity contribution >= 4 is 33.2 Å². The number of piperidine rings is 1. The number of likely N-dealkylation sites (tertiary alicyclic amines) is 1. The van der Waals surface area contributed by atoms with Crippen LogP contribution in [0, 0.1) is 0 Å². The predicted octanol–water partition coefficient (Wildman–Crippen LogP) is 2.73. The minimum absolute atomic E-state index is 0.0770. The Hall–Kier alpha value is -2.09. The Morgan fingerprint density at radius 2 is 1.86 bits per heavy atom. The molecule has 0 atom stereocenters. The average Bonchev–Trinajstić information content (AvgIpc) is 2.67. The highest BCUT2D eigenvalue weighted by molar-refractivity contribution is 7.93. The Labute approximate surface area is 170 Å². The number of carbonyl (C=O) groups excluding carboxylic acids is 1. The zero-order valence-corrected chi connectivity index (χ0v) is 17.1. The summed E-state index contributed by atoms with van der Waals surface area (Å²) in [6.45, 7) is 1.58. The molecule has 8 heteroatoms. The van der Waals surface area contributed by atoms with E-state index in [-0.39, 0.29) is 23.4 Å². The number of benzene rings is 2. The zero-order valence-electron chi connectivity index (χ0n) is 15.6. The topological polar surface area (TPSA) is 69.7 Å². The summed E-state index contributed by atoms with van der Waals surface area (Å²) in [5, 5.41) is 3.51. The summed E-state index contributed by atoms with van der Waals surface area (Å²) >= 11 is 6.16. The maximum atomic E-state index is 13.2. The number of sulfonamides is 1. The van der Waals surface area contributed by atoms with Gasteiger partial charge < -0.3 is 10.2 Å². The first kappa shape index (κ1) is 19.2. The first-order valence-electron chi connectivity index (χ1n) is 9.26. The van der Waals surface area contributed by atoms with Crippen LogP contribution in [0.5, 0.6) is 0 Å². The van der Waals surface area contributed by atoms with E-state index in [0.29, 0.717) is 21.8 Å². The molecule has 0 aromatic heterocycles. The smallest absolute Gasteiger partial charge is 0.265 e. The van der Waals surface area contributed by atoms with E-state index in [4.69, 9.17) is 11.6 Å². The number of hydrogen-bond donors (Lipinski definition) is 1. The molecule has 0 saturated carbocycles. The summed E-state index contributed by atoms with van der Waals surface area (Å²) in [7, 11) is -1.78. The third-order valence-electron chi connectivity index (χ3n) is 5.34. The lowest BCUT2D eigenvalue weighted by Crippen LogP contribution is -2.48. The molecule has 1 N–H and O–H groups in total. The molecule has 2 heterocycles. The van der Waals surface area contributed by atoms with Gasteiger partial charge in [0.05, 0.1) is 10.6 Å². The number of amides is 1. The molecule has 0 radical (unpaired) electrons. The Morgan fingerprint density at radius 1 is 1.14 bits per heavy atom. The second-order valence-electron chi connectivity index (χ2n) is 7.31. The lowest BCUT2D eigenvalue weighted by atomic mass is 10.0. The second-order valence-corrected chi connectivity index (χ2v) is 9.58. The number of hydrogen-bond acceptors (Lipinski definition) is 4. The standard InChI is InChI=1S/C20H22ClN3O3S/c1-23-10-8-15(9-11-23)22-20(25)13-24-18-7-6-14(21)12-17(18)16-4-2-3-5-19(16)28(24,26)27/h2-7,12,15H,8-11,13H2,1H3,(H,22,25). The number of rotatable bonds is 3. The molecule has 0 bridgehead atoms. The molecular formula is C20H22ClN3O3S. The third-order valence-corrected chi connectivity index (χ3v) is 7.40. The molecule has 1 fully saturated rings. The van der Waals surface area contributed by atoms with E-state index < -0.39 is 10.0 Å². The van der Waals surface area contributed by atoms with E-state index in [1.54, 1.807) is 42.5 Å². The lowest BCUT2D eigenvalue weighted by molar-refractivity contribution is -0.120. The van der Waals surface area contributed by atoms with Crippen LogP contribution in [0.1, 0.15) is 12.8 Å². The van der Waals surface area contributed by atoms with Gasteiger partial charge in [0.15, 0.2) is 0 Å². The predicted molar refractivity (Wildman–Crippen MR) is 110 cm³/mol. The fourth-order valence-corrected chi connectivity index (χ4v) is 5.65.